The molecular formula is C18H21BrN2O2. The molecule has 23 heavy (non-hydrogen) atoms. The first kappa shape index (κ1) is 17.5. The summed E-state index contributed by atoms with van der Waals surface area (Å²) < 4.78 is 6.32. The molecule has 122 valence electrons. The molecule has 0 spiro atoms. The number of aryl methyl sites for hydroxylation is 1. The molecule has 0 aliphatic heterocycles. The zero-order valence-corrected chi connectivity index (χ0v) is 15.1. The van der Waals surface area contributed by atoms with Crippen LogP contribution in [0.5, 0.6) is 5.75 Å². The lowest BCUT2D eigenvalue weighted by molar-refractivity contribution is -0.115. The van der Waals surface area contributed by atoms with Crippen molar-refractivity contribution in [1.29, 1.82) is 0 Å². The maximum absolute atomic E-state index is 12.1. The van der Waals surface area contributed by atoms with Gasteiger partial charge in [-0.05, 0) is 37.6 Å². The largest absolute Gasteiger partial charge is 0.496 e. The SMILES string of the molecule is COc1ccccc1C(C)NCC(=O)Nc1ccc(C)c(Br)c1. The van der Waals surface area contributed by atoms with Gasteiger partial charge in [-0.1, -0.05) is 40.2 Å². The third kappa shape index (κ3) is 4.81. The van der Waals surface area contributed by atoms with Crippen LogP contribution in [0.25, 0.3) is 0 Å². The Morgan fingerprint density at radius 1 is 1.26 bits per heavy atom. The van der Waals surface area contributed by atoms with Gasteiger partial charge < -0.3 is 15.4 Å². The third-order valence-electron chi connectivity index (χ3n) is 3.63. The van der Waals surface area contributed by atoms with Crippen molar-refractivity contribution in [2.45, 2.75) is 19.9 Å². The Bertz CT molecular complexity index is 688. The number of rotatable bonds is 6. The topological polar surface area (TPSA) is 50.4 Å². The second-order valence-electron chi connectivity index (χ2n) is 5.36. The van der Waals surface area contributed by atoms with Crippen LogP contribution >= 0.6 is 15.9 Å². The number of nitrogens with one attached hydrogen (secondary N) is 2. The number of carbonyl (C=O) groups excluding carboxylic acids is 1. The van der Waals surface area contributed by atoms with Gasteiger partial charge in [-0.2, -0.15) is 0 Å². The molecule has 0 aromatic heterocycles. The highest BCUT2D eigenvalue weighted by molar-refractivity contribution is 9.10. The highest BCUT2D eigenvalue weighted by Crippen LogP contribution is 2.24. The van der Waals surface area contributed by atoms with E-state index in [1.807, 2.05) is 56.3 Å². The summed E-state index contributed by atoms with van der Waals surface area (Å²) in [5, 5.41) is 6.10. The first-order chi connectivity index (χ1) is 11.0. The van der Waals surface area contributed by atoms with Crippen LogP contribution in [0.3, 0.4) is 0 Å². The molecule has 0 saturated heterocycles. The fourth-order valence-corrected chi connectivity index (χ4v) is 2.63. The molecule has 4 nitrogen and oxygen atoms in total. The number of carbonyl (C=O) groups is 1. The molecule has 2 rings (SSSR count). The summed E-state index contributed by atoms with van der Waals surface area (Å²) in [7, 11) is 1.65. The van der Waals surface area contributed by atoms with Crippen LogP contribution in [0.15, 0.2) is 46.9 Å². The summed E-state index contributed by atoms with van der Waals surface area (Å²) in [4.78, 5) is 12.1. The van der Waals surface area contributed by atoms with Crippen LogP contribution in [0.1, 0.15) is 24.1 Å². The minimum absolute atomic E-state index is 0.0154. The average Bonchev–Trinajstić information content (AvgIpc) is 2.56. The number of hydrogen-bond donors (Lipinski definition) is 2. The molecule has 0 saturated carbocycles. The average molecular weight is 377 g/mol. The number of anilines is 1. The van der Waals surface area contributed by atoms with Crippen molar-refractivity contribution in [3.8, 4) is 5.75 Å². The normalized spacial score (nSPS) is 11.8. The summed E-state index contributed by atoms with van der Waals surface area (Å²) in [6, 6.07) is 13.6. The highest BCUT2D eigenvalue weighted by Gasteiger charge is 2.12. The van der Waals surface area contributed by atoms with Crippen LogP contribution < -0.4 is 15.4 Å². The van der Waals surface area contributed by atoms with E-state index in [0.717, 1.165) is 27.0 Å². The summed E-state index contributed by atoms with van der Waals surface area (Å²) in [5.74, 6) is 0.734. The van der Waals surface area contributed by atoms with E-state index >= 15 is 0 Å². The Hall–Kier alpha value is -1.85. The van der Waals surface area contributed by atoms with Crippen molar-refractivity contribution in [2.75, 3.05) is 19.0 Å². The van der Waals surface area contributed by atoms with E-state index in [1.54, 1.807) is 7.11 Å². The van der Waals surface area contributed by atoms with Gasteiger partial charge in [-0.15, -0.1) is 0 Å². The summed E-state index contributed by atoms with van der Waals surface area (Å²) in [6.45, 7) is 4.24. The number of methoxy groups -OCH3 is 1. The first-order valence-corrected chi connectivity index (χ1v) is 8.23. The lowest BCUT2D eigenvalue weighted by Crippen LogP contribution is -2.30. The minimum atomic E-state index is -0.0810. The van der Waals surface area contributed by atoms with Gasteiger partial charge in [0.05, 0.1) is 13.7 Å². The molecule has 0 aliphatic carbocycles. The predicted molar refractivity (Wildman–Crippen MR) is 96.9 cm³/mol. The second kappa shape index (κ2) is 8.13. The zero-order chi connectivity index (χ0) is 16.8. The molecule has 2 N–H and O–H groups in total. The third-order valence-corrected chi connectivity index (χ3v) is 4.48. The van der Waals surface area contributed by atoms with Crippen LogP contribution in [0.2, 0.25) is 0 Å². The lowest BCUT2D eigenvalue weighted by atomic mass is 10.1. The lowest BCUT2D eigenvalue weighted by Gasteiger charge is -2.17. The number of benzene rings is 2. The maximum Gasteiger partial charge on any atom is 0.238 e. The Morgan fingerprint density at radius 3 is 2.70 bits per heavy atom. The monoisotopic (exact) mass is 376 g/mol. The van der Waals surface area contributed by atoms with Gasteiger partial charge in [0.1, 0.15) is 5.75 Å². The van der Waals surface area contributed by atoms with Gasteiger partial charge in [0.2, 0.25) is 5.91 Å². The predicted octanol–water partition coefficient (Wildman–Crippen LogP) is 4.06. The van der Waals surface area contributed by atoms with E-state index in [9.17, 15) is 4.79 Å². The summed E-state index contributed by atoms with van der Waals surface area (Å²) >= 11 is 3.46. The fourth-order valence-electron chi connectivity index (χ4n) is 2.26. The number of amides is 1. The molecular weight excluding hydrogens is 356 g/mol. The van der Waals surface area contributed by atoms with Crippen LogP contribution in [-0.2, 0) is 4.79 Å². The number of ether oxygens (including phenoxy) is 1. The van der Waals surface area contributed by atoms with Gasteiger partial charge >= 0.3 is 0 Å². The Morgan fingerprint density at radius 2 is 2.00 bits per heavy atom. The van der Waals surface area contributed by atoms with E-state index in [2.05, 4.69) is 26.6 Å². The van der Waals surface area contributed by atoms with E-state index in [1.165, 1.54) is 0 Å². The van der Waals surface area contributed by atoms with E-state index < -0.39 is 0 Å². The molecule has 0 radical (unpaired) electrons. The van der Waals surface area contributed by atoms with Crippen molar-refractivity contribution in [3.05, 3.63) is 58.1 Å². The van der Waals surface area contributed by atoms with Crippen LogP contribution in [0.4, 0.5) is 5.69 Å². The van der Waals surface area contributed by atoms with E-state index in [0.29, 0.717) is 0 Å². The number of halogens is 1. The fraction of sp³-hybridized carbons (Fsp3) is 0.278. The minimum Gasteiger partial charge on any atom is -0.496 e. The van der Waals surface area contributed by atoms with Gasteiger partial charge in [0, 0.05) is 21.8 Å². The number of hydrogen-bond acceptors (Lipinski definition) is 3. The molecule has 1 unspecified atom stereocenters. The van der Waals surface area contributed by atoms with E-state index in [-0.39, 0.29) is 18.5 Å². The highest BCUT2D eigenvalue weighted by atomic mass is 79.9. The molecule has 0 bridgehead atoms. The Kier molecular flexibility index (Phi) is 6.19. The Balaban J connectivity index is 1.92. The van der Waals surface area contributed by atoms with Crippen molar-refractivity contribution in [1.82, 2.24) is 5.32 Å². The first-order valence-electron chi connectivity index (χ1n) is 7.43. The molecule has 1 amide bonds. The standard InChI is InChI=1S/C18H21BrN2O2/c1-12-8-9-14(10-16(12)19)21-18(22)11-20-13(2)15-6-4-5-7-17(15)23-3/h4-10,13,20H,11H2,1-3H3,(H,21,22). The molecule has 1 atom stereocenters. The van der Waals surface area contributed by atoms with Crippen molar-refractivity contribution < 1.29 is 9.53 Å². The van der Waals surface area contributed by atoms with Crippen LogP contribution in [0, 0.1) is 6.92 Å². The maximum atomic E-state index is 12.1. The quantitative estimate of drug-likeness (QED) is 0.799. The number of para-hydroxylation sites is 1. The Labute approximate surface area is 145 Å². The molecule has 2 aromatic rings. The molecule has 0 aliphatic rings. The van der Waals surface area contributed by atoms with E-state index in [4.69, 9.17) is 4.74 Å². The zero-order valence-electron chi connectivity index (χ0n) is 13.5. The van der Waals surface area contributed by atoms with Gasteiger partial charge in [-0.3, -0.25) is 4.79 Å². The van der Waals surface area contributed by atoms with Gasteiger partial charge in [0.15, 0.2) is 0 Å². The molecule has 0 heterocycles. The molecule has 5 heteroatoms. The van der Waals surface area contributed by atoms with Gasteiger partial charge in [0.25, 0.3) is 0 Å². The molecule has 2 aromatic carbocycles. The van der Waals surface area contributed by atoms with Crippen molar-refractivity contribution >= 4 is 27.5 Å². The molecule has 0 fully saturated rings. The van der Waals surface area contributed by atoms with Crippen molar-refractivity contribution in [3.63, 3.8) is 0 Å². The summed E-state index contributed by atoms with van der Waals surface area (Å²) in [6.07, 6.45) is 0. The van der Waals surface area contributed by atoms with Crippen LogP contribution in [-0.4, -0.2) is 19.6 Å². The van der Waals surface area contributed by atoms with Gasteiger partial charge in [-0.25, -0.2) is 0 Å². The second-order valence-corrected chi connectivity index (χ2v) is 6.21. The smallest absolute Gasteiger partial charge is 0.238 e. The summed E-state index contributed by atoms with van der Waals surface area (Å²) in [5.41, 5.74) is 2.94. The van der Waals surface area contributed by atoms with Crippen molar-refractivity contribution in [2.24, 2.45) is 0 Å².